The monoisotopic (exact) mass is 476 g/mol. The van der Waals surface area contributed by atoms with Crippen LogP contribution in [0, 0.1) is 0 Å². The third-order valence-electron chi connectivity index (χ3n) is 4.80. The van der Waals surface area contributed by atoms with Gasteiger partial charge in [0.25, 0.3) is 0 Å². The Bertz CT molecular complexity index is 1560. The number of rotatable bonds is 6. The minimum Gasteiger partial charge on any atom is -0.470 e. The summed E-state index contributed by atoms with van der Waals surface area (Å²) in [6.07, 6.45) is 3.07. The lowest BCUT2D eigenvalue weighted by Crippen LogP contribution is -2.15. The normalized spacial score (nSPS) is 11.0. The van der Waals surface area contributed by atoms with Gasteiger partial charge in [-0.1, -0.05) is 11.3 Å². The maximum atomic E-state index is 12.6. The molecule has 0 atom stereocenters. The van der Waals surface area contributed by atoms with Gasteiger partial charge >= 0.3 is 11.6 Å². The number of carbonyl (C=O) groups excluding carboxylic acids is 1. The lowest BCUT2D eigenvalue weighted by molar-refractivity contribution is 0.0600. The topological polar surface area (TPSA) is 148 Å². The summed E-state index contributed by atoms with van der Waals surface area (Å²) >= 11 is 1.10. The van der Waals surface area contributed by atoms with Crippen molar-refractivity contribution in [2.75, 3.05) is 12.8 Å². The molecule has 1 aromatic carbocycles. The van der Waals surface area contributed by atoms with Crippen LogP contribution in [0.15, 0.2) is 64.1 Å². The Morgan fingerprint density at radius 3 is 2.91 bits per heavy atom. The quantitative estimate of drug-likeness (QED) is 0.220. The van der Waals surface area contributed by atoms with Gasteiger partial charge in [-0.15, -0.1) is 16.4 Å². The van der Waals surface area contributed by atoms with Crippen molar-refractivity contribution >= 4 is 34.0 Å². The summed E-state index contributed by atoms with van der Waals surface area (Å²) in [5.41, 5.74) is 7.15. The first-order valence-corrected chi connectivity index (χ1v) is 10.7. The second kappa shape index (κ2) is 8.75. The summed E-state index contributed by atoms with van der Waals surface area (Å²) in [4.78, 5) is 33.7. The van der Waals surface area contributed by atoms with Crippen LogP contribution in [0.25, 0.3) is 27.4 Å². The van der Waals surface area contributed by atoms with Gasteiger partial charge in [0.15, 0.2) is 10.6 Å². The van der Waals surface area contributed by atoms with E-state index in [0.29, 0.717) is 33.1 Å². The van der Waals surface area contributed by atoms with E-state index in [1.54, 1.807) is 42.6 Å². The summed E-state index contributed by atoms with van der Waals surface area (Å²) < 4.78 is 17.4. The van der Waals surface area contributed by atoms with Crippen molar-refractivity contribution in [1.82, 2.24) is 25.0 Å². The Hall–Kier alpha value is -4.58. The van der Waals surface area contributed by atoms with Gasteiger partial charge in [0.05, 0.1) is 19.0 Å². The molecule has 12 heteroatoms. The van der Waals surface area contributed by atoms with Crippen LogP contribution in [0.4, 0.5) is 5.69 Å². The highest BCUT2D eigenvalue weighted by molar-refractivity contribution is 7.17. The predicted molar refractivity (Wildman–Crippen MR) is 123 cm³/mol. The predicted octanol–water partition coefficient (Wildman–Crippen LogP) is 2.84. The molecule has 0 aliphatic heterocycles. The third-order valence-corrected chi connectivity index (χ3v) is 5.84. The third kappa shape index (κ3) is 3.97. The number of methoxy groups -OCH3 is 1. The smallest absolute Gasteiger partial charge is 0.362 e. The zero-order valence-corrected chi connectivity index (χ0v) is 18.5. The highest BCUT2D eigenvalue weighted by atomic mass is 32.1. The first kappa shape index (κ1) is 21.3. The average Bonchev–Trinajstić information content (AvgIpc) is 3.49. The van der Waals surface area contributed by atoms with Crippen molar-refractivity contribution in [3.63, 3.8) is 0 Å². The highest BCUT2D eigenvalue weighted by Gasteiger charge is 2.23. The minimum absolute atomic E-state index is 0.0753. The molecule has 4 heterocycles. The van der Waals surface area contributed by atoms with Crippen molar-refractivity contribution in [2.45, 2.75) is 6.61 Å². The molecule has 4 aromatic heterocycles. The maximum Gasteiger partial charge on any atom is 0.362 e. The number of nitrogens with zero attached hydrogens (tertiary/aromatic N) is 5. The Balaban J connectivity index is 1.47. The number of esters is 1. The molecular weight excluding hydrogens is 460 g/mol. The molecule has 5 aromatic rings. The van der Waals surface area contributed by atoms with E-state index in [4.69, 9.17) is 19.6 Å². The lowest BCUT2D eigenvalue weighted by Gasteiger charge is -2.08. The summed E-state index contributed by atoms with van der Waals surface area (Å²) in [6, 6.07) is 12.0. The number of hydrogen-bond acceptors (Lipinski definition) is 11. The Kier molecular flexibility index (Phi) is 5.47. The fourth-order valence-electron chi connectivity index (χ4n) is 3.19. The average molecular weight is 476 g/mol. The zero-order valence-electron chi connectivity index (χ0n) is 17.7. The molecule has 0 amide bonds. The SMILES string of the molecule is COC(=O)c1sc(-c2ccccn2)nc1OCc1cnnn1-c1cc2ccc(N)cc2oc1=O. The van der Waals surface area contributed by atoms with Crippen LogP contribution >= 0.6 is 11.3 Å². The van der Waals surface area contributed by atoms with Gasteiger partial charge in [0, 0.05) is 23.3 Å². The van der Waals surface area contributed by atoms with Crippen molar-refractivity contribution in [3.05, 3.63) is 75.8 Å². The summed E-state index contributed by atoms with van der Waals surface area (Å²) in [5.74, 6) is -0.512. The first-order chi connectivity index (χ1) is 16.5. The van der Waals surface area contributed by atoms with Crippen LogP contribution < -0.4 is 16.1 Å². The molecule has 2 N–H and O–H groups in total. The van der Waals surface area contributed by atoms with E-state index in [2.05, 4.69) is 20.3 Å². The maximum absolute atomic E-state index is 12.6. The van der Waals surface area contributed by atoms with Gasteiger partial charge < -0.3 is 19.6 Å². The van der Waals surface area contributed by atoms with Crippen LogP contribution in [0.1, 0.15) is 15.4 Å². The van der Waals surface area contributed by atoms with E-state index in [9.17, 15) is 9.59 Å². The van der Waals surface area contributed by atoms with Gasteiger partial charge in [-0.25, -0.2) is 14.3 Å². The van der Waals surface area contributed by atoms with Crippen molar-refractivity contribution < 1.29 is 18.7 Å². The summed E-state index contributed by atoms with van der Waals surface area (Å²) in [6.45, 7) is -0.0817. The lowest BCUT2D eigenvalue weighted by atomic mass is 10.2. The number of hydrogen-bond donors (Lipinski definition) is 1. The summed E-state index contributed by atoms with van der Waals surface area (Å²) in [5, 5.41) is 9.04. The first-order valence-electron chi connectivity index (χ1n) is 9.90. The standard InChI is InChI=1S/C22H16N6O5S/c1-31-22(30)18-19(26-20(34-18)15-4-2-3-7-24-15)32-11-14-10-25-27-28(14)16-8-12-5-6-13(23)9-17(12)33-21(16)29/h2-10H,11,23H2,1H3. The number of pyridine rings is 1. The molecule has 5 rings (SSSR count). The molecular formula is C22H16N6O5S. The van der Waals surface area contributed by atoms with Crippen LogP contribution in [0.3, 0.4) is 0 Å². The second-order valence-electron chi connectivity index (χ2n) is 7.00. The highest BCUT2D eigenvalue weighted by Crippen LogP contribution is 2.32. The van der Waals surface area contributed by atoms with E-state index in [1.807, 2.05) is 6.07 Å². The molecule has 170 valence electrons. The van der Waals surface area contributed by atoms with E-state index in [1.165, 1.54) is 18.0 Å². The van der Waals surface area contributed by atoms with E-state index >= 15 is 0 Å². The molecule has 11 nitrogen and oxygen atoms in total. The molecule has 34 heavy (non-hydrogen) atoms. The fraction of sp³-hybridized carbons (Fsp3) is 0.0909. The number of ether oxygens (including phenoxy) is 2. The van der Waals surface area contributed by atoms with Gasteiger partial charge in [-0.05, 0) is 30.3 Å². The van der Waals surface area contributed by atoms with Crippen molar-refractivity contribution in [2.24, 2.45) is 0 Å². The van der Waals surface area contributed by atoms with Crippen LogP contribution in [0.2, 0.25) is 0 Å². The number of anilines is 1. The minimum atomic E-state index is -0.619. The number of carbonyl (C=O) groups is 1. The number of nitrogen functional groups attached to an aromatic ring is 1. The Morgan fingerprint density at radius 1 is 1.24 bits per heavy atom. The molecule has 0 saturated heterocycles. The van der Waals surface area contributed by atoms with Crippen molar-refractivity contribution in [3.8, 4) is 22.3 Å². The fourth-order valence-corrected chi connectivity index (χ4v) is 4.09. The molecule has 0 bridgehead atoms. The molecule has 0 spiro atoms. The van der Waals surface area contributed by atoms with Crippen LogP contribution in [-0.4, -0.2) is 38.0 Å². The number of aromatic nitrogens is 5. The van der Waals surface area contributed by atoms with E-state index in [-0.39, 0.29) is 23.1 Å². The largest absolute Gasteiger partial charge is 0.470 e. The number of nitrogens with two attached hydrogens (primary N) is 1. The van der Waals surface area contributed by atoms with Gasteiger partial charge in [0.2, 0.25) is 5.88 Å². The van der Waals surface area contributed by atoms with Crippen molar-refractivity contribution in [1.29, 1.82) is 0 Å². The van der Waals surface area contributed by atoms with E-state index < -0.39 is 11.6 Å². The molecule has 0 aliphatic carbocycles. The van der Waals surface area contributed by atoms with Gasteiger partial charge in [-0.3, -0.25) is 4.98 Å². The zero-order chi connectivity index (χ0) is 23.7. The summed E-state index contributed by atoms with van der Waals surface area (Å²) in [7, 11) is 1.28. The Labute approximate surface area is 195 Å². The van der Waals surface area contributed by atoms with E-state index in [0.717, 1.165) is 11.3 Å². The molecule has 0 fully saturated rings. The van der Waals surface area contributed by atoms with Crippen LogP contribution in [-0.2, 0) is 11.3 Å². The number of fused-ring (bicyclic) bond motifs is 1. The van der Waals surface area contributed by atoms with Crippen LogP contribution in [0.5, 0.6) is 5.88 Å². The van der Waals surface area contributed by atoms with Gasteiger partial charge in [-0.2, -0.15) is 4.98 Å². The second-order valence-corrected chi connectivity index (χ2v) is 8.00. The molecule has 0 saturated carbocycles. The molecule has 0 unspecified atom stereocenters. The van der Waals surface area contributed by atoms with Gasteiger partial charge in [0.1, 0.15) is 22.9 Å². The molecule has 0 aliphatic rings. The Morgan fingerprint density at radius 2 is 2.12 bits per heavy atom. The molecule has 0 radical (unpaired) electrons. The number of benzene rings is 1. The number of thiazole rings is 1.